The van der Waals surface area contributed by atoms with Gasteiger partial charge in [-0.15, -0.1) is 22.7 Å². The second-order valence-corrected chi connectivity index (χ2v) is 22.1. The van der Waals surface area contributed by atoms with Gasteiger partial charge in [-0.3, -0.25) is 0 Å². The van der Waals surface area contributed by atoms with Crippen LogP contribution >= 0.6 is 22.7 Å². The van der Waals surface area contributed by atoms with Gasteiger partial charge in [-0.1, -0.05) is 188 Å². The van der Waals surface area contributed by atoms with E-state index in [0.29, 0.717) is 0 Å². The number of benzene rings is 13. The molecule has 0 aliphatic carbocycles. The molecule has 15 rings (SSSR count). The molecule has 0 atom stereocenters. The zero-order chi connectivity index (χ0) is 51.5. The SMILES string of the molecule is c1ccc(-c2cc(-c3cc(N(c4ccccc4)c4ccccc4)cc4c3sc3ccc5ccccc5c34)cc(-c3cc(N(c4ccccc4)c4ccccc4)cc4c3sc3cc(-c5ccccc5)c5ccccc5c34)c2)cc1. The van der Waals surface area contributed by atoms with Crippen LogP contribution in [0.5, 0.6) is 0 Å². The van der Waals surface area contributed by atoms with Crippen molar-refractivity contribution in [3.05, 3.63) is 291 Å². The Hall–Kier alpha value is -9.58. The molecule has 13 aromatic carbocycles. The lowest BCUT2D eigenvalue weighted by Crippen LogP contribution is -2.10. The second kappa shape index (κ2) is 19.2. The number of para-hydroxylation sites is 4. The van der Waals surface area contributed by atoms with Gasteiger partial charge in [-0.2, -0.15) is 0 Å². The lowest BCUT2D eigenvalue weighted by Gasteiger charge is -2.27. The van der Waals surface area contributed by atoms with E-state index in [0.717, 1.165) is 50.8 Å². The highest BCUT2D eigenvalue weighted by molar-refractivity contribution is 7.27. The average molecular weight is 1030 g/mol. The maximum Gasteiger partial charge on any atom is 0.0475 e. The molecule has 0 spiro atoms. The monoisotopic (exact) mass is 1030 g/mol. The van der Waals surface area contributed by atoms with E-state index >= 15 is 0 Å². The number of thiophene rings is 2. The molecule has 0 amide bonds. The number of rotatable bonds is 10. The van der Waals surface area contributed by atoms with Gasteiger partial charge in [0.15, 0.2) is 0 Å². The third-order valence-electron chi connectivity index (χ3n) is 15.3. The molecule has 0 aliphatic heterocycles. The summed E-state index contributed by atoms with van der Waals surface area (Å²) in [7, 11) is 0. The van der Waals surface area contributed by atoms with Crippen LogP contribution in [0.3, 0.4) is 0 Å². The number of nitrogens with zero attached hydrogens (tertiary/aromatic N) is 2. The summed E-state index contributed by atoms with van der Waals surface area (Å²) in [6, 6.07) is 107. The third-order valence-corrected chi connectivity index (χ3v) is 17.7. The largest absolute Gasteiger partial charge is 0.310 e. The van der Waals surface area contributed by atoms with E-state index in [4.69, 9.17) is 0 Å². The zero-order valence-corrected chi connectivity index (χ0v) is 44.1. The molecule has 0 saturated carbocycles. The molecule has 4 heteroatoms. The Morgan fingerprint density at radius 2 is 0.615 bits per heavy atom. The van der Waals surface area contributed by atoms with E-state index in [1.165, 1.54) is 89.7 Å². The van der Waals surface area contributed by atoms with Crippen LogP contribution < -0.4 is 9.80 Å². The molecule has 2 aromatic heterocycles. The van der Waals surface area contributed by atoms with Crippen molar-refractivity contribution < 1.29 is 0 Å². The molecule has 366 valence electrons. The van der Waals surface area contributed by atoms with Gasteiger partial charge in [0, 0.05) is 85.6 Å². The van der Waals surface area contributed by atoms with Crippen molar-refractivity contribution in [1.82, 2.24) is 0 Å². The molecule has 15 aromatic rings. The number of hydrogen-bond donors (Lipinski definition) is 0. The van der Waals surface area contributed by atoms with Crippen LogP contribution in [0.4, 0.5) is 34.1 Å². The van der Waals surface area contributed by atoms with E-state index in [-0.39, 0.29) is 0 Å². The standard InChI is InChI=1S/C74H48N2S2/c1-7-23-49(24-8-1)52-41-53(65-44-59(75(55-28-11-3-12-29-55)56-30-13-4-14-31-56)46-67-71-61-36-20-19-27-51(61)39-40-69(71)77-73(65)67)43-54(42-52)66-45-60(76(57-32-15-5-16-33-57)58-34-17-6-18-35-58)47-68-72-63-38-22-21-37-62(63)64(48-70(72)78-74(66)68)50-25-9-2-10-26-50/h1-48H. The van der Waals surface area contributed by atoms with Gasteiger partial charge >= 0.3 is 0 Å². The van der Waals surface area contributed by atoms with Gasteiger partial charge in [0.05, 0.1) is 0 Å². The predicted molar refractivity (Wildman–Crippen MR) is 338 cm³/mol. The predicted octanol–water partition coefficient (Wildman–Crippen LogP) is 22.3. The van der Waals surface area contributed by atoms with Crippen LogP contribution in [0, 0.1) is 0 Å². The smallest absolute Gasteiger partial charge is 0.0475 e. The molecular formula is C74H48N2S2. The van der Waals surface area contributed by atoms with Gasteiger partial charge in [-0.05, 0) is 158 Å². The minimum atomic E-state index is 1.10. The molecule has 0 radical (unpaired) electrons. The van der Waals surface area contributed by atoms with E-state index in [1.54, 1.807) is 0 Å². The molecule has 0 aliphatic rings. The van der Waals surface area contributed by atoms with Crippen LogP contribution in [0.2, 0.25) is 0 Å². The highest BCUT2D eigenvalue weighted by atomic mass is 32.1. The van der Waals surface area contributed by atoms with Crippen LogP contribution in [-0.2, 0) is 0 Å². The van der Waals surface area contributed by atoms with Crippen LogP contribution in [0.25, 0.3) is 106 Å². The molecule has 2 heterocycles. The molecule has 0 fully saturated rings. The Morgan fingerprint density at radius 3 is 1.13 bits per heavy atom. The maximum absolute atomic E-state index is 2.48. The zero-order valence-electron chi connectivity index (χ0n) is 42.4. The Kier molecular flexibility index (Phi) is 11.3. The maximum atomic E-state index is 2.48. The van der Waals surface area contributed by atoms with Crippen LogP contribution in [0.1, 0.15) is 0 Å². The second-order valence-electron chi connectivity index (χ2n) is 20.0. The normalized spacial score (nSPS) is 11.6. The fourth-order valence-electron chi connectivity index (χ4n) is 11.8. The fourth-order valence-corrected chi connectivity index (χ4v) is 14.4. The van der Waals surface area contributed by atoms with Gasteiger partial charge in [0.25, 0.3) is 0 Å². The first kappa shape index (κ1) is 45.8. The third kappa shape index (κ3) is 7.92. The molecule has 0 unspecified atom stereocenters. The van der Waals surface area contributed by atoms with Gasteiger partial charge in [0.1, 0.15) is 0 Å². The Bertz CT molecular complexity index is 4630. The summed E-state index contributed by atoms with van der Waals surface area (Å²) in [6.07, 6.45) is 0. The van der Waals surface area contributed by atoms with E-state index in [1.807, 2.05) is 22.7 Å². The van der Waals surface area contributed by atoms with Gasteiger partial charge in [-0.25, -0.2) is 0 Å². The summed E-state index contributed by atoms with van der Waals surface area (Å²) in [5.74, 6) is 0. The lowest BCUT2D eigenvalue weighted by atomic mass is 9.90. The topological polar surface area (TPSA) is 6.48 Å². The summed E-state index contributed by atoms with van der Waals surface area (Å²) in [4.78, 5) is 4.84. The number of hydrogen-bond acceptors (Lipinski definition) is 4. The van der Waals surface area contributed by atoms with Crippen molar-refractivity contribution >= 4 is 119 Å². The Labute approximate surface area is 461 Å². The van der Waals surface area contributed by atoms with Crippen molar-refractivity contribution in [3.8, 4) is 44.5 Å². The average Bonchev–Trinajstić information content (AvgIpc) is 4.27. The van der Waals surface area contributed by atoms with Gasteiger partial charge in [0.2, 0.25) is 0 Å². The summed E-state index contributed by atoms with van der Waals surface area (Å²) < 4.78 is 5.06. The molecule has 2 nitrogen and oxygen atoms in total. The number of fused-ring (bicyclic) bond motifs is 10. The highest BCUT2D eigenvalue weighted by Crippen LogP contribution is 2.52. The number of anilines is 6. The van der Waals surface area contributed by atoms with Crippen molar-refractivity contribution in [1.29, 1.82) is 0 Å². The van der Waals surface area contributed by atoms with Gasteiger partial charge < -0.3 is 9.80 Å². The molecular weight excluding hydrogens is 981 g/mol. The Morgan fingerprint density at radius 1 is 0.218 bits per heavy atom. The molecule has 78 heavy (non-hydrogen) atoms. The lowest BCUT2D eigenvalue weighted by molar-refractivity contribution is 1.29. The van der Waals surface area contributed by atoms with Crippen molar-refractivity contribution in [3.63, 3.8) is 0 Å². The van der Waals surface area contributed by atoms with E-state index < -0.39 is 0 Å². The molecule has 0 saturated heterocycles. The first-order valence-electron chi connectivity index (χ1n) is 26.6. The van der Waals surface area contributed by atoms with E-state index in [9.17, 15) is 0 Å². The van der Waals surface area contributed by atoms with Crippen LogP contribution in [0.15, 0.2) is 291 Å². The first-order chi connectivity index (χ1) is 38.7. The fraction of sp³-hybridized carbons (Fsp3) is 0. The first-order valence-corrected chi connectivity index (χ1v) is 28.2. The Balaban J connectivity index is 1.06. The highest BCUT2D eigenvalue weighted by Gasteiger charge is 2.24. The van der Waals surface area contributed by atoms with Crippen LogP contribution in [-0.4, -0.2) is 0 Å². The van der Waals surface area contributed by atoms with Crippen molar-refractivity contribution in [2.75, 3.05) is 9.80 Å². The quantitative estimate of drug-likeness (QED) is 0.135. The summed E-state index contributed by atoms with van der Waals surface area (Å²) in [6.45, 7) is 0. The minimum absolute atomic E-state index is 1.10. The van der Waals surface area contributed by atoms with Crippen molar-refractivity contribution in [2.24, 2.45) is 0 Å². The summed E-state index contributed by atoms with van der Waals surface area (Å²) in [5, 5.41) is 10.1. The minimum Gasteiger partial charge on any atom is -0.310 e. The van der Waals surface area contributed by atoms with E-state index in [2.05, 4.69) is 301 Å². The summed E-state index contributed by atoms with van der Waals surface area (Å²) >= 11 is 3.81. The molecule has 0 N–H and O–H groups in total. The van der Waals surface area contributed by atoms with Crippen molar-refractivity contribution in [2.45, 2.75) is 0 Å². The summed E-state index contributed by atoms with van der Waals surface area (Å²) in [5.41, 5.74) is 16.1. The molecule has 0 bridgehead atoms.